The zero-order valence-electron chi connectivity index (χ0n) is 11.3. The second-order valence-corrected chi connectivity index (χ2v) is 5.36. The van der Waals surface area contributed by atoms with Crippen molar-refractivity contribution in [1.29, 1.82) is 0 Å². The molecule has 0 spiro atoms. The maximum atomic E-state index is 2.30. The Labute approximate surface area is 119 Å². The lowest BCUT2D eigenvalue weighted by Crippen LogP contribution is -2.08. The first-order valence-corrected chi connectivity index (χ1v) is 7.17. The third kappa shape index (κ3) is 1.69. The summed E-state index contributed by atoms with van der Waals surface area (Å²) < 4.78 is 0. The van der Waals surface area contributed by atoms with Crippen molar-refractivity contribution in [2.75, 3.05) is 0 Å². The molecule has 4 rings (SSSR count). The van der Waals surface area contributed by atoms with Gasteiger partial charge in [-0.3, -0.25) is 0 Å². The van der Waals surface area contributed by atoms with Crippen LogP contribution in [0.15, 0.2) is 107 Å². The second kappa shape index (κ2) is 4.64. The van der Waals surface area contributed by atoms with Gasteiger partial charge in [-0.2, -0.15) is 0 Å². The molecule has 0 bridgehead atoms. The summed E-state index contributed by atoms with van der Waals surface area (Å²) >= 11 is 0. The first-order chi connectivity index (χ1) is 9.95. The molecule has 20 heavy (non-hydrogen) atoms. The van der Waals surface area contributed by atoms with Gasteiger partial charge in [0.25, 0.3) is 0 Å². The van der Waals surface area contributed by atoms with Gasteiger partial charge in [-0.25, -0.2) is 0 Å². The molecule has 1 unspecified atom stereocenters. The lowest BCUT2D eigenvalue weighted by Gasteiger charge is -2.22. The van der Waals surface area contributed by atoms with Gasteiger partial charge < -0.3 is 0 Å². The Morgan fingerprint density at radius 3 is 2.35 bits per heavy atom. The molecule has 0 N–H and O–H groups in total. The van der Waals surface area contributed by atoms with Crippen LogP contribution in [0.3, 0.4) is 0 Å². The van der Waals surface area contributed by atoms with Crippen LogP contribution in [0.1, 0.15) is 6.42 Å². The molecule has 0 saturated carbocycles. The van der Waals surface area contributed by atoms with Gasteiger partial charge in [0, 0.05) is 5.92 Å². The van der Waals surface area contributed by atoms with Gasteiger partial charge in [-0.05, 0) is 34.3 Å². The summed E-state index contributed by atoms with van der Waals surface area (Å²) in [6.07, 6.45) is 29.6. The quantitative estimate of drug-likeness (QED) is 0.578. The van der Waals surface area contributed by atoms with Crippen molar-refractivity contribution in [3.63, 3.8) is 0 Å². The van der Waals surface area contributed by atoms with E-state index in [0.717, 1.165) is 6.42 Å². The monoisotopic (exact) mass is 256 g/mol. The van der Waals surface area contributed by atoms with E-state index >= 15 is 0 Å². The lowest BCUT2D eigenvalue weighted by molar-refractivity contribution is 0.752. The van der Waals surface area contributed by atoms with Crippen LogP contribution in [-0.4, -0.2) is 0 Å². The third-order valence-corrected chi connectivity index (χ3v) is 4.23. The molecule has 0 heterocycles. The minimum Gasteiger partial charge on any atom is -0.0830 e. The normalized spacial score (nSPS) is 36.6. The molecule has 0 aliphatic heterocycles. The SMILES string of the molecule is C1=C/C2=C/C=C\C=C/C3=C2C(C1)C1=C3\C=C/C=C\C=C/1. The van der Waals surface area contributed by atoms with Crippen LogP contribution in [0.4, 0.5) is 0 Å². The third-order valence-electron chi connectivity index (χ3n) is 4.23. The molecule has 4 aliphatic rings. The van der Waals surface area contributed by atoms with Crippen LogP contribution in [-0.2, 0) is 0 Å². The van der Waals surface area contributed by atoms with Gasteiger partial charge >= 0.3 is 0 Å². The lowest BCUT2D eigenvalue weighted by atomic mass is 9.82. The Bertz CT molecular complexity index is 722. The van der Waals surface area contributed by atoms with E-state index in [1.165, 1.54) is 27.9 Å². The minimum absolute atomic E-state index is 0.514. The molecule has 0 saturated heterocycles. The van der Waals surface area contributed by atoms with E-state index in [2.05, 4.69) is 79.0 Å². The van der Waals surface area contributed by atoms with Crippen molar-refractivity contribution in [3.05, 3.63) is 107 Å². The highest BCUT2D eigenvalue weighted by molar-refractivity contribution is 5.70. The molecule has 0 radical (unpaired) electrons. The van der Waals surface area contributed by atoms with Crippen LogP contribution in [0.25, 0.3) is 0 Å². The molecule has 0 aromatic rings. The largest absolute Gasteiger partial charge is 0.0830 e. The topological polar surface area (TPSA) is 0 Å². The Kier molecular flexibility index (Phi) is 2.67. The Balaban J connectivity index is 1.96. The number of hydrogen-bond donors (Lipinski definition) is 0. The first kappa shape index (κ1) is 11.5. The molecule has 1 atom stereocenters. The standard InChI is InChI=1S/C20H16/c1-2-6-12-17-16(11-5-1)18-13-7-3-4-9-15-10-8-14-19(17)20(15)18/h1-13,19H,14H2/b2-1-,4-3-,5-1?,6-2?,7-3?,9-4?,11-5-,12-6-,13-7-,15-9-,16-11?,17-12?,18-13?. The molecule has 4 aliphatic carbocycles. The predicted octanol–water partition coefficient (Wildman–Crippen LogP) is 4.90. The Morgan fingerprint density at radius 1 is 0.700 bits per heavy atom. The molecule has 0 nitrogen and oxygen atoms in total. The first-order valence-electron chi connectivity index (χ1n) is 7.17. The predicted molar refractivity (Wildman–Crippen MR) is 85.1 cm³/mol. The average Bonchev–Trinajstić information content (AvgIpc) is 2.68. The highest BCUT2D eigenvalue weighted by Crippen LogP contribution is 2.47. The van der Waals surface area contributed by atoms with E-state index in [0.29, 0.717) is 5.92 Å². The summed E-state index contributed by atoms with van der Waals surface area (Å²) in [4.78, 5) is 0. The molecule has 0 heteroatoms. The molecular formula is C20H16. The molecule has 0 fully saturated rings. The fourth-order valence-corrected chi connectivity index (χ4v) is 3.39. The fourth-order valence-electron chi connectivity index (χ4n) is 3.39. The van der Waals surface area contributed by atoms with Crippen molar-refractivity contribution in [3.8, 4) is 0 Å². The van der Waals surface area contributed by atoms with Crippen molar-refractivity contribution < 1.29 is 0 Å². The molecule has 0 aromatic carbocycles. The van der Waals surface area contributed by atoms with Crippen LogP contribution in [0.2, 0.25) is 0 Å². The van der Waals surface area contributed by atoms with Crippen molar-refractivity contribution in [2.24, 2.45) is 5.92 Å². The van der Waals surface area contributed by atoms with Gasteiger partial charge in [0.1, 0.15) is 0 Å². The highest BCUT2D eigenvalue weighted by atomic mass is 14.4. The van der Waals surface area contributed by atoms with Crippen LogP contribution < -0.4 is 0 Å². The zero-order valence-corrected chi connectivity index (χ0v) is 11.3. The van der Waals surface area contributed by atoms with Crippen LogP contribution in [0.5, 0.6) is 0 Å². The minimum atomic E-state index is 0.514. The van der Waals surface area contributed by atoms with E-state index in [-0.39, 0.29) is 0 Å². The van der Waals surface area contributed by atoms with E-state index < -0.39 is 0 Å². The Hall–Kier alpha value is -2.34. The summed E-state index contributed by atoms with van der Waals surface area (Å²) in [6.45, 7) is 0. The summed E-state index contributed by atoms with van der Waals surface area (Å²) in [6, 6.07) is 0. The van der Waals surface area contributed by atoms with Crippen LogP contribution >= 0.6 is 0 Å². The van der Waals surface area contributed by atoms with Gasteiger partial charge in [0.2, 0.25) is 0 Å². The smallest absolute Gasteiger partial charge is 0.0142 e. The summed E-state index contributed by atoms with van der Waals surface area (Å²) in [7, 11) is 0. The molecule has 0 aromatic heterocycles. The van der Waals surface area contributed by atoms with Crippen molar-refractivity contribution in [2.45, 2.75) is 6.42 Å². The summed E-state index contributed by atoms with van der Waals surface area (Å²) in [5.41, 5.74) is 7.08. The van der Waals surface area contributed by atoms with E-state index in [1.54, 1.807) is 0 Å². The maximum absolute atomic E-state index is 2.30. The van der Waals surface area contributed by atoms with E-state index in [9.17, 15) is 0 Å². The zero-order chi connectivity index (χ0) is 13.4. The maximum Gasteiger partial charge on any atom is 0.0142 e. The fraction of sp³-hybridized carbons (Fsp3) is 0.100. The van der Waals surface area contributed by atoms with Gasteiger partial charge in [0.05, 0.1) is 0 Å². The molecule has 0 amide bonds. The average molecular weight is 256 g/mol. The van der Waals surface area contributed by atoms with E-state index in [4.69, 9.17) is 0 Å². The Morgan fingerprint density at radius 2 is 1.45 bits per heavy atom. The summed E-state index contributed by atoms with van der Waals surface area (Å²) in [5.74, 6) is 0.514. The van der Waals surface area contributed by atoms with Crippen LogP contribution in [0, 0.1) is 5.92 Å². The van der Waals surface area contributed by atoms with Crippen molar-refractivity contribution in [1.82, 2.24) is 0 Å². The second-order valence-electron chi connectivity index (χ2n) is 5.36. The summed E-state index contributed by atoms with van der Waals surface area (Å²) in [5, 5.41) is 0. The number of allylic oxidation sites excluding steroid dienone is 18. The number of rotatable bonds is 0. The molecular weight excluding hydrogens is 240 g/mol. The van der Waals surface area contributed by atoms with Crippen molar-refractivity contribution >= 4 is 0 Å². The highest BCUT2D eigenvalue weighted by Gasteiger charge is 2.32. The van der Waals surface area contributed by atoms with Gasteiger partial charge in [-0.1, -0.05) is 79.0 Å². The van der Waals surface area contributed by atoms with E-state index in [1.807, 2.05) is 0 Å². The van der Waals surface area contributed by atoms with Gasteiger partial charge in [0.15, 0.2) is 0 Å². The number of hydrogen-bond acceptors (Lipinski definition) is 0. The van der Waals surface area contributed by atoms with Gasteiger partial charge in [-0.15, -0.1) is 0 Å². The molecule has 96 valence electrons. The number of fused-ring (bicyclic) bond motifs is 2.